The number of hydrogen-bond donors (Lipinski definition) is 2. The van der Waals surface area contributed by atoms with Crippen LogP contribution < -0.4 is 5.32 Å². The summed E-state index contributed by atoms with van der Waals surface area (Å²) < 4.78 is 0. The van der Waals surface area contributed by atoms with E-state index >= 15 is 0 Å². The molecule has 1 saturated heterocycles. The van der Waals surface area contributed by atoms with Crippen LogP contribution in [0.15, 0.2) is 0 Å². The summed E-state index contributed by atoms with van der Waals surface area (Å²) in [6.45, 7) is 0.346. The molecule has 6 heteroatoms. The van der Waals surface area contributed by atoms with E-state index in [1.807, 2.05) is 0 Å². The van der Waals surface area contributed by atoms with Crippen LogP contribution in [0, 0.1) is 5.92 Å². The summed E-state index contributed by atoms with van der Waals surface area (Å²) >= 11 is 0. The largest absolute Gasteiger partial charge is 0.480 e. The van der Waals surface area contributed by atoms with Crippen LogP contribution in [0.2, 0.25) is 0 Å². The minimum atomic E-state index is -0.897. The second-order valence-corrected chi connectivity index (χ2v) is 5.34. The van der Waals surface area contributed by atoms with E-state index in [4.69, 9.17) is 0 Å². The number of amides is 2. The lowest BCUT2D eigenvalue weighted by Crippen LogP contribution is -2.53. The van der Waals surface area contributed by atoms with Gasteiger partial charge in [0, 0.05) is 19.4 Å². The third-order valence-corrected chi connectivity index (χ3v) is 4.50. The lowest BCUT2D eigenvalue weighted by Gasteiger charge is -2.31. The van der Waals surface area contributed by atoms with E-state index in [9.17, 15) is 19.5 Å². The molecule has 0 bridgehead atoms. The molecule has 6 nitrogen and oxygen atoms in total. The molecule has 1 heterocycles. The van der Waals surface area contributed by atoms with Crippen molar-refractivity contribution in [3.05, 3.63) is 0 Å². The number of imide groups is 1. The Labute approximate surface area is 112 Å². The zero-order chi connectivity index (χ0) is 14.0. The molecule has 2 amide bonds. The summed E-state index contributed by atoms with van der Waals surface area (Å²) in [7, 11) is 1.67. The van der Waals surface area contributed by atoms with Gasteiger partial charge in [0.05, 0.1) is 0 Å². The lowest BCUT2D eigenvalue weighted by atomic mass is 9.84. The Morgan fingerprint density at radius 2 is 2.05 bits per heavy atom. The molecule has 2 fully saturated rings. The predicted octanol–water partition coefficient (Wildman–Crippen LogP) is 0.368. The van der Waals surface area contributed by atoms with Gasteiger partial charge in [-0.2, -0.15) is 0 Å². The van der Waals surface area contributed by atoms with Gasteiger partial charge in [0.25, 0.3) is 0 Å². The number of hydrogen-bond acceptors (Lipinski definition) is 4. The molecule has 2 aliphatic rings. The van der Waals surface area contributed by atoms with Crippen molar-refractivity contribution in [2.75, 3.05) is 13.6 Å². The standard InChI is InChI=1S/C13H20N2O4/c1-14-13(12(18)19)7-2-3-9(13)6-8-15-10(16)4-5-11(15)17/h9,14H,2-8H2,1H3,(H,18,19). The summed E-state index contributed by atoms with van der Waals surface area (Å²) in [5.41, 5.74) is -0.897. The SMILES string of the molecule is CNC1(C(=O)O)CCCC1CCN1C(=O)CCC1=O. The van der Waals surface area contributed by atoms with Gasteiger partial charge < -0.3 is 10.4 Å². The maximum absolute atomic E-state index is 11.5. The number of likely N-dealkylation sites (N-methyl/N-ethyl adjacent to an activating group) is 1. The quantitative estimate of drug-likeness (QED) is 0.703. The van der Waals surface area contributed by atoms with E-state index in [-0.39, 0.29) is 17.7 Å². The molecule has 2 N–H and O–H groups in total. The second-order valence-electron chi connectivity index (χ2n) is 5.34. The third kappa shape index (κ3) is 2.36. The van der Waals surface area contributed by atoms with E-state index in [0.29, 0.717) is 32.2 Å². The van der Waals surface area contributed by atoms with Crippen molar-refractivity contribution in [1.29, 1.82) is 0 Å². The molecule has 0 radical (unpaired) electrons. The van der Waals surface area contributed by atoms with E-state index in [1.165, 1.54) is 4.90 Å². The number of aliphatic carboxylic acids is 1. The molecular weight excluding hydrogens is 248 g/mol. The Bertz CT molecular complexity index is 393. The Morgan fingerprint density at radius 3 is 2.58 bits per heavy atom. The first-order chi connectivity index (χ1) is 9.01. The second kappa shape index (κ2) is 5.28. The highest BCUT2D eigenvalue weighted by Gasteiger charge is 2.48. The minimum Gasteiger partial charge on any atom is -0.480 e. The average Bonchev–Trinajstić information content (AvgIpc) is 2.92. The van der Waals surface area contributed by atoms with E-state index < -0.39 is 11.5 Å². The zero-order valence-corrected chi connectivity index (χ0v) is 11.1. The first-order valence-corrected chi connectivity index (χ1v) is 6.77. The molecule has 1 aliphatic carbocycles. The van der Waals surface area contributed by atoms with Crippen molar-refractivity contribution in [1.82, 2.24) is 10.2 Å². The topological polar surface area (TPSA) is 86.7 Å². The molecule has 2 unspecified atom stereocenters. The van der Waals surface area contributed by atoms with E-state index in [0.717, 1.165) is 12.8 Å². The van der Waals surface area contributed by atoms with Gasteiger partial charge in [0.15, 0.2) is 0 Å². The number of nitrogens with zero attached hydrogens (tertiary/aromatic N) is 1. The van der Waals surface area contributed by atoms with Gasteiger partial charge in [0.1, 0.15) is 5.54 Å². The molecule has 0 aromatic carbocycles. The van der Waals surface area contributed by atoms with E-state index in [1.54, 1.807) is 7.05 Å². The van der Waals surface area contributed by atoms with Gasteiger partial charge in [-0.1, -0.05) is 6.42 Å². The Kier molecular flexibility index (Phi) is 3.89. The number of carboxylic acid groups (broad SMARTS) is 1. The van der Waals surface area contributed by atoms with Gasteiger partial charge in [0.2, 0.25) is 11.8 Å². The van der Waals surface area contributed by atoms with Crippen molar-refractivity contribution in [3.8, 4) is 0 Å². The van der Waals surface area contributed by atoms with E-state index in [2.05, 4.69) is 5.32 Å². The molecule has 1 saturated carbocycles. The molecule has 0 spiro atoms. The zero-order valence-electron chi connectivity index (χ0n) is 11.1. The smallest absolute Gasteiger partial charge is 0.324 e. The van der Waals surface area contributed by atoms with Crippen LogP contribution in [0.1, 0.15) is 38.5 Å². The van der Waals surface area contributed by atoms with Gasteiger partial charge in [-0.3, -0.25) is 19.3 Å². The van der Waals surface area contributed by atoms with Crippen LogP contribution in [0.3, 0.4) is 0 Å². The molecule has 0 aromatic rings. The Morgan fingerprint density at radius 1 is 1.42 bits per heavy atom. The molecule has 2 rings (SSSR count). The monoisotopic (exact) mass is 268 g/mol. The molecular formula is C13H20N2O4. The summed E-state index contributed by atoms with van der Waals surface area (Å²) in [4.78, 5) is 35.8. The number of rotatable bonds is 5. The highest BCUT2D eigenvalue weighted by Crippen LogP contribution is 2.38. The lowest BCUT2D eigenvalue weighted by molar-refractivity contribution is -0.146. The highest BCUT2D eigenvalue weighted by atomic mass is 16.4. The van der Waals surface area contributed by atoms with Crippen molar-refractivity contribution in [2.24, 2.45) is 5.92 Å². The van der Waals surface area contributed by atoms with Crippen LogP contribution >= 0.6 is 0 Å². The van der Waals surface area contributed by atoms with Gasteiger partial charge >= 0.3 is 5.97 Å². The van der Waals surface area contributed by atoms with Crippen LogP contribution in [-0.2, 0) is 14.4 Å². The van der Waals surface area contributed by atoms with Crippen LogP contribution in [0.5, 0.6) is 0 Å². The van der Waals surface area contributed by atoms with Crippen molar-refractivity contribution in [3.63, 3.8) is 0 Å². The predicted molar refractivity (Wildman–Crippen MR) is 67.3 cm³/mol. The fraction of sp³-hybridized carbons (Fsp3) is 0.769. The number of nitrogens with one attached hydrogen (secondary N) is 1. The fourth-order valence-electron chi connectivity index (χ4n) is 3.34. The maximum atomic E-state index is 11.5. The number of likely N-dealkylation sites (tertiary alicyclic amines) is 1. The van der Waals surface area contributed by atoms with Gasteiger partial charge in [-0.25, -0.2) is 0 Å². The Hall–Kier alpha value is -1.43. The number of carbonyl (C=O) groups is 3. The molecule has 2 atom stereocenters. The molecule has 19 heavy (non-hydrogen) atoms. The highest BCUT2D eigenvalue weighted by molar-refractivity contribution is 6.01. The first kappa shape index (κ1) is 14.0. The van der Waals surface area contributed by atoms with Gasteiger partial charge in [-0.15, -0.1) is 0 Å². The fourth-order valence-corrected chi connectivity index (χ4v) is 3.34. The summed E-state index contributed by atoms with van der Waals surface area (Å²) in [5.74, 6) is -1.13. The normalized spacial score (nSPS) is 31.2. The summed E-state index contributed by atoms with van der Waals surface area (Å²) in [6, 6.07) is 0. The van der Waals surface area contributed by atoms with Crippen LogP contribution in [0.25, 0.3) is 0 Å². The van der Waals surface area contributed by atoms with Crippen LogP contribution in [0.4, 0.5) is 0 Å². The maximum Gasteiger partial charge on any atom is 0.324 e. The number of carboxylic acids is 1. The van der Waals surface area contributed by atoms with Crippen molar-refractivity contribution < 1.29 is 19.5 Å². The molecule has 1 aliphatic heterocycles. The van der Waals surface area contributed by atoms with Crippen molar-refractivity contribution >= 4 is 17.8 Å². The molecule has 0 aromatic heterocycles. The van der Waals surface area contributed by atoms with Crippen molar-refractivity contribution in [2.45, 2.75) is 44.1 Å². The third-order valence-electron chi connectivity index (χ3n) is 4.50. The minimum absolute atomic E-state index is 0.0313. The average molecular weight is 268 g/mol. The summed E-state index contributed by atoms with van der Waals surface area (Å²) in [5, 5.41) is 12.4. The molecule has 106 valence electrons. The first-order valence-electron chi connectivity index (χ1n) is 6.77. The van der Waals surface area contributed by atoms with Gasteiger partial charge in [-0.05, 0) is 32.2 Å². The summed E-state index contributed by atoms with van der Waals surface area (Å²) in [6.07, 6.45) is 3.43. The number of carbonyl (C=O) groups excluding carboxylic acids is 2. The Balaban J connectivity index is 2.00. The van der Waals surface area contributed by atoms with Crippen LogP contribution in [-0.4, -0.2) is 46.9 Å².